The number of benzene rings is 3. The van der Waals surface area contributed by atoms with E-state index in [-0.39, 0.29) is 5.75 Å². The van der Waals surface area contributed by atoms with Gasteiger partial charge in [-0.05, 0) is 17.2 Å². The number of aliphatic hydroxyl groups excluding tert-OH is 1. The molecule has 170 valence electrons. The fourth-order valence-electron chi connectivity index (χ4n) is 3.59. The van der Waals surface area contributed by atoms with Gasteiger partial charge >= 0.3 is 0 Å². The molecule has 4 aromatic rings. The zero-order chi connectivity index (χ0) is 23.8. The van der Waals surface area contributed by atoms with Gasteiger partial charge < -0.3 is 5.11 Å². The number of thioether (sulfide) groups is 1. The summed E-state index contributed by atoms with van der Waals surface area (Å²) in [4.78, 5) is 4.77. The Morgan fingerprint density at radius 2 is 1.50 bits per heavy atom. The Kier molecular flexibility index (Phi) is 8.26. The summed E-state index contributed by atoms with van der Waals surface area (Å²) in [6, 6.07) is 33.5. The lowest BCUT2D eigenvalue weighted by atomic mass is 9.99. The third-order valence-corrected chi connectivity index (χ3v) is 7.75. The molecular weight excluding hydrogens is 460 g/mol. The van der Waals surface area contributed by atoms with Gasteiger partial charge in [0.15, 0.2) is 0 Å². The number of pyridine rings is 1. The Morgan fingerprint density at radius 3 is 2.12 bits per heavy atom. The monoisotopic (exact) mass is 484 g/mol. The van der Waals surface area contributed by atoms with E-state index in [1.54, 1.807) is 0 Å². The highest BCUT2D eigenvalue weighted by Crippen LogP contribution is 2.34. The van der Waals surface area contributed by atoms with E-state index in [9.17, 15) is 14.6 Å². The van der Waals surface area contributed by atoms with Crippen molar-refractivity contribution in [2.75, 3.05) is 11.5 Å². The van der Waals surface area contributed by atoms with Crippen LogP contribution in [0.4, 0.5) is 0 Å². The number of aromatic nitrogens is 1. The molecule has 0 radical (unpaired) electrons. The van der Waals surface area contributed by atoms with Gasteiger partial charge in [0.25, 0.3) is 0 Å². The van der Waals surface area contributed by atoms with Crippen LogP contribution in [0.1, 0.15) is 11.1 Å². The number of nitrogens with zero attached hydrogens (tertiary/aromatic N) is 2. The van der Waals surface area contributed by atoms with Gasteiger partial charge in [-0.3, -0.25) is 4.21 Å². The predicted molar refractivity (Wildman–Crippen MR) is 140 cm³/mol. The van der Waals surface area contributed by atoms with Gasteiger partial charge in [-0.15, -0.1) is 11.8 Å². The highest BCUT2D eigenvalue weighted by Gasteiger charge is 2.18. The van der Waals surface area contributed by atoms with Crippen molar-refractivity contribution in [3.05, 3.63) is 108 Å². The van der Waals surface area contributed by atoms with Crippen LogP contribution in [-0.2, 0) is 16.6 Å². The summed E-state index contributed by atoms with van der Waals surface area (Å²) in [5, 5.41) is 21.1. The largest absolute Gasteiger partial charge is 0.391 e. The van der Waals surface area contributed by atoms with Crippen LogP contribution in [0.25, 0.3) is 22.4 Å². The van der Waals surface area contributed by atoms with Gasteiger partial charge in [0, 0.05) is 33.4 Å². The second-order valence-corrected chi connectivity index (χ2v) is 10.3. The Hall–Kier alpha value is -3.24. The van der Waals surface area contributed by atoms with Crippen LogP contribution >= 0.6 is 11.8 Å². The minimum Gasteiger partial charge on any atom is -0.391 e. The molecule has 1 aromatic heterocycles. The topological polar surface area (TPSA) is 74.0 Å². The number of rotatable bonds is 9. The first-order chi connectivity index (χ1) is 16.6. The van der Waals surface area contributed by atoms with E-state index < -0.39 is 16.9 Å². The van der Waals surface area contributed by atoms with Crippen molar-refractivity contribution in [2.45, 2.75) is 16.9 Å². The van der Waals surface area contributed by atoms with Gasteiger partial charge in [-0.2, -0.15) is 5.26 Å². The second-order valence-electron chi connectivity index (χ2n) is 7.78. The Labute approximate surface area is 206 Å². The molecule has 0 amide bonds. The molecule has 1 heterocycles. The average Bonchev–Trinajstić information content (AvgIpc) is 2.88. The highest BCUT2D eigenvalue weighted by molar-refractivity contribution is 7.99. The summed E-state index contributed by atoms with van der Waals surface area (Å²) < 4.78 is 12.5. The molecule has 4 rings (SSSR count). The molecule has 0 spiro atoms. The average molecular weight is 485 g/mol. The van der Waals surface area contributed by atoms with Crippen molar-refractivity contribution < 1.29 is 9.32 Å². The standard InChI is InChI=1S/C28H24N2O2S2/c29-17-26-25(22-12-6-2-7-13-22)16-27(23-14-8-3-9-15-23)30-28(26)33-18-24(31)20-34(32)19-21-10-4-1-5-11-21/h1-16,24,31H,18-20H2. The van der Waals surface area contributed by atoms with Crippen LogP contribution in [0, 0.1) is 11.3 Å². The second kappa shape index (κ2) is 11.8. The van der Waals surface area contributed by atoms with Gasteiger partial charge in [-0.1, -0.05) is 91.0 Å². The number of hydrogen-bond donors (Lipinski definition) is 1. The van der Waals surface area contributed by atoms with Crippen molar-refractivity contribution in [3.63, 3.8) is 0 Å². The highest BCUT2D eigenvalue weighted by atomic mass is 32.2. The van der Waals surface area contributed by atoms with Crippen LogP contribution in [0.15, 0.2) is 102 Å². The molecule has 0 bridgehead atoms. The quantitative estimate of drug-likeness (QED) is 0.309. The zero-order valence-corrected chi connectivity index (χ0v) is 20.1. The summed E-state index contributed by atoms with van der Waals surface area (Å²) in [6.07, 6.45) is -0.775. The van der Waals surface area contributed by atoms with E-state index in [2.05, 4.69) is 6.07 Å². The molecule has 0 fully saturated rings. The molecule has 6 heteroatoms. The minimum absolute atomic E-state index is 0.174. The third kappa shape index (κ3) is 6.21. The van der Waals surface area contributed by atoms with Crippen LogP contribution in [0.5, 0.6) is 0 Å². The van der Waals surface area contributed by atoms with Crippen molar-refractivity contribution in [1.82, 2.24) is 4.98 Å². The minimum atomic E-state index is -1.18. The number of aliphatic hydroxyl groups is 1. The molecule has 0 saturated carbocycles. The maximum atomic E-state index is 12.5. The SMILES string of the molecule is N#Cc1c(-c2ccccc2)cc(-c2ccccc2)nc1SCC(O)CS(=O)Cc1ccccc1. The molecule has 34 heavy (non-hydrogen) atoms. The van der Waals surface area contributed by atoms with Crippen LogP contribution < -0.4 is 0 Å². The predicted octanol–water partition coefficient (Wildman–Crippen LogP) is 5.69. The Balaban J connectivity index is 1.56. The summed E-state index contributed by atoms with van der Waals surface area (Å²) in [7, 11) is -1.18. The summed E-state index contributed by atoms with van der Waals surface area (Å²) in [5.74, 6) is 0.883. The fourth-order valence-corrected chi connectivity index (χ4v) is 5.90. The summed E-state index contributed by atoms with van der Waals surface area (Å²) >= 11 is 1.33. The lowest BCUT2D eigenvalue weighted by molar-refractivity contribution is 0.224. The van der Waals surface area contributed by atoms with E-state index in [0.717, 1.165) is 27.9 Å². The molecule has 2 unspecified atom stereocenters. The maximum Gasteiger partial charge on any atom is 0.115 e. The molecular formula is C28H24N2O2S2. The van der Waals surface area contributed by atoms with E-state index in [0.29, 0.717) is 22.1 Å². The number of hydrogen-bond acceptors (Lipinski definition) is 5. The van der Waals surface area contributed by atoms with Gasteiger partial charge in [0.2, 0.25) is 0 Å². The molecule has 3 aromatic carbocycles. The fraction of sp³-hybridized carbons (Fsp3) is 0.143. The van der Waals surface area contributed by atoms with Crippen molar-refractivity contribution >= 4 is 22.6 Å². The van der Waals surface area contributed by atoms with Crippen LogP contribution in [-0.4, -0.2) is 31.9 Å². The summed E-state index contributed by atoms with van der Waals surface area (Å²) in [5.41, 5.74) is 4.93. The molecule has 0 aliphatic heterocycles. The van der Waals surface area contributed by atoms with E-state index in [1.807, 2.05) is 97.1 Å². The Bertz CT molecular complexity index is 1290. The van der Waals surface area contributed by atoms with E-state index >= 15 is 0 Å². The van der Waals surface area contributed by atoms with Crippen molar-refractivity contribution in [3.8, 4) is 28.5 Å². The Morgan fingerprint density at radius 1 is 0.912 bits per heavy atom. The molecule has 2 atom stereocenters. The molecule has 0 aliphatic rings. The van der Waals surface area contributed by atoms with Gasteiger partial charge in [0.1, 0.15) is 11.1 Å². The van der Waals surface area contributed by atoms with Crippen LogP contribution in [0.3, 0.4) is 0 Å². The van der Waals surface area contributed by atoms with Gasteiger partial charge in [-0.25, -0.2) is 4.98 Å². The molecule has 0 saturated heterocycles. The van der Waals surface area contributed by atoms with E-state index in [4.69, 9.17) is 4.98 Å². The maximum absolute atomic E-state index is 12.5. The first-order valence-electron chi connectivity index (χ1n) is 10.9. The normalized spacial score (nSPS) is 12.6. The molecule has 1 N–H and O–H groups in total. The summed E-state index contributed by atoms with van der Waals surface area (Å²) in [6.45, 7) is 0. The zero-order valence-electron chi connectivity index (χ0n) is 18.5. The first-order valence-corrected chi connectivity index (χ1v) is 13.4. The molecule has 4 nitrogen and oxygen atoms in total. The lowest BCUT2D eigenvalue weighted by Gasteiger charge is -2.14. The van der Waals surface area contributed by atoms with Crippen molar-refractivity contribution in [2.24, 2.45) is 0 Å². The lowest BCUT2D eigenvalue weighted by Crippen LogP contribution is -2.20. The third-order valence-electron chi connectivity index (χ3n) is 5.21. The molecule has 0 aliphatic carbocycles. The number of nitriles is 1. The smallest absolute Gasteiger partial charge is 0.115 e. The first kappa shape index (κ1) is 23.9. The van der Waals surface area contributed by atoms with Crippen molar-refractivity contribution in [1.29, 1.82) is 5.26 Å². The van der Waals surface area contributed by atoms with Crippen LogP contribution in [0.2, 0.25) is 0 Å². The van der Waals surface area contributed by atoms with Gasteiger partial charge in [0.05, 0.1) is 23.1 Å². The van der Waals surface area contributed by atoms with E-state index in [1.165, 1.54) is 11.8 Å².